The first-order valence-electron chi connectivity index (χ1n) is 4.32. The number of rotatable bonds is 3. The van der Waals surface area contributed by atoms with Gasteiger partial charge in [-0.15, -0.1) is 22.7 Å². The Balaban J connectivity index is 2.06. The molecule has 0 spiro atoms. The van der Waals surface area contributed by atoms with Crippen LogP contribution in [-0.2, 0) is 6.42 Å². The Morgan fingerprint density at radius 1 is 1.07 bits per heavy atom. The van der Waals surface area contributed by atoms with E-state index in [0.29, 0.717) is 6.42 Å². The van der Waals surface area contributed by atoms with Gasteiger partial charge in [0.2, 0.25) is 0 Å². The van der Waals surface area contributed by atoms with Gasteiger partial charge in [0.1, 0.15) is 0 Å². The van der Waals surface area contributed by atoms with Crippen molar-refractivity contribution in [1.82, 2.24) is 0 Å². The van der Waals surface area contributed by atoms with Gasteiger partial charge in [0.15, 0.2) is 0 Å². The molecule has 2 heterocycles. The van der Waals surface area contributed by atoms with E-state index < -0.39 is 6.10 Å². The first-order valence-corrected chi connectivity index (χ1v) is 7.54. The third kappa shape index (κ3) is 3.14. The SMILES string of the molecule is OC(Cc1ccc(Br)s1)c1ccc(Br)s1. The van der Waals surface area contributed by atoms with Crippen molar-refractivity contribution in [3.63, 3.8) is 0 Å². The molecule has 1 nitrogen and oxygen atoms in total. The van der Waals surface area contributed by atoms with Crippen LogP contribution >= 0.6 is 54.5 Å². The Kier molecular flexibility index (Phi) is 4.01. The highest BCUT2D eigenvalue weighted by molar-refractivity contribution is 9.11. The van der Waals surface area contributed by atoms with Crippen LogP contribution in [0, 0.1) is 0 Å². The fourth-order valence-corrected chi connectivity index (χ4v) is 4.19. The molecule has 0 fully saturated rings. The van der Waals surface area contributed by atoms with Crippen LogP contribution in [0.5, 0.6) is 0 Å². The fourth-order valence-electron chi connectivity index (χ4n) is 1.26. The van der Waals surface area contributed by atoms with E-state index in [4.69, 9.17) is 0 Å². The van der Waals surface area contributed by atoms with Crippen molar-refractivity contribution in [2.45, 2.75) is 12.5 Å². The van der Waals surface area contributed by atoms with E-state index in [9.17, 15) is 5.11 Å². The summed E-state index contributed by atoms with van der Waals surface area (Å²) in [5, 5.41) is 9.98. The van der Waals surface area contributed by atoms with E-state index in [0.717, 1.165) is 12.4 Å². The van der Waals surface area contributed by atoms with E-state index in [-0.39, 0.29) is 0 Å². The Morgan fingerprint density at radius 3 is 2.27 bits per heavy atom. The monoisotopic (exact) mass is 366 g/mol. The Morgan fingerprint density at radius 2 is 1.73 bits per heavy atom. The van der Waals surface area contributed by atoms with E-state index in [1.54, 1.807) is 22.7 Å². The molecule has 0 aliphatic rings. The molecule has 0 amide bonds. The van der Waals surface area contributed by atoms with Gasteiger partial charge in [0.05, 0.1) is 13.7 Å². The van der Waals surface area contributed by atoms with E-state index in [2.05, 4.69) is 31.9 Å². The fraction of sp³-hybridized carbons (Fsp3) is 0.200. The number of aliphatic hydroxyl groups is 1. The summed E-state index contributed by atoms with van der Waals surface area (Å²) in [7, 11) is 0. The number of halogens is 2. The van der Waals surface area contributed by atoms with E-state index in [1.165, 1.54) is 4.88 Å². The average molecular weight is 368 g/mol. The van der Waals surface area contributed by atoms with Crippen LogP contribution in [0.3, 0.4) is 0 Å². The molecule has 15 heavy (non-hydrogen) atoms. The predicted molar refractivity (Wildman–Crippen MR) is 72.7 cm³/mol. The highest BCUT2D eigenvalue weighted by atomic mass is 79.9. The molecule has 0 aliphatic carbocycles. The second kappa shape index (κ2) is 5.10. The van der Waals surface area contributed by atoms with Crippen LogP contribution in [0.2, 0.25) is 0 Å². The third-order valence-corrected chi connectivity index (χ3v) is 5.32. The highest BCUT2D eigenvalue weighted by Gasteiger charge is 2.12. The number of thiophene rings is 2. The maximum absolute atomic E-state index is 9.98. The number of aliphatic hydroxyl groups excluding tert-OH is 1. The van der Waals surface area contributed by atoms with Crippen LogP contribution in [0.15, 0.2) is 31.8 Å². The smallest absolute Gasteiger partial charge is 0.0930 e. The average Bonchev–Trinajstić information content (AvgIpc) is 2.75. The van der Waals surface area contributed by atoms with Crippen LogP contribution in [-0.4, -0.2) is 5.11 Å². The zero-order chi connectivity index (χ0) is 10.8. The Hall–Kier alpha value is 0.320. The molecule has 0 saturated heterocycles. The summed E-state index contributed by atoms with van der Waals surface area (Å²) in [6.45, 7) is 0. The Labute approximate surface area is 113 Å². The van der Waals surface area contributed by atoms with Crippen molar-refractivity contribution in [1.29, 1.82) is 0 Å². The lowest BCUT2D eigenvalue weighted by Crippen LogP contribution is -1.97. The minimum absolute atomic E-state index is 0.396. The standard InChI is InChI=1S/C10H8Br2OS2/c11-9-3-1-6(14-9)5-7(13)8-2-4-10(12)15-8/h1-4,7,13H,5H2. The highest BCUT2D eigenvalue weighted by Crippen LogP contribution is 2.31. The van der Waals surface area contributed by atoms with Crippen molar-refractivity contribution in [2.75, 3.05) is 0 Å². The summed E-state index contributed by atoms with van der Waals surface area (Å²) in [6, 6.07) is 7.98. The second-order valence-electron chi connectivity index (χ2n) is 3.07. The minimum atomic E-state index is -0.396. The predicted octanol–water partition coefficient (Wildman–Crippen LogP) is 4.61. The molecule has 1 atom stereocenters. The summed E-state index contributed by atoms with van der Waals surface area (Å²) in [4.78, 5) is 2.20. The zero-order valence-electron chi connectivity index (χ0n) is 7.61. The zero-order valence-corrected chi connectivity index (χ0v) is 12.4. The van der Waals surface area contributed by atoms with Crippen molar-refractivity contribution < 1.29 is 5.11 Å². The van der Waals surface area contributed by atoms with Crippen LogP contribution < -0.4 is 0 Å². The maximum Gasteiger partial charge on any atom is 0.0930 e. The van der Waals surface area contributed by atoms with Gasteiger partial charge in [-0.2, -0.15) is 0 Å². The molecular formula is C10H8Br2OS2. The van der Waals surface area contributed by atoms with Gasteiger partial charge in [-0.25, -0.2) is 0 Å². The van der Waals surface area contributed by atoms with Gasteiger partial charge in [0.25, 0.3) is 0 Å². The van der Waals surface area contributed by atoms with Crippen molar-refractivity contribution >= 4 is 54.5 Å². The summed E-state index contributed by atoms with van der Waals surface area (Å²) in [5.74, 6) is 0. The van der Waals surface area contributed by atoms with Crippen molar-refractivity contribution in [3.8, 4) is 0 Å². The topological polar surface area (TPSA) is 20.2 Å². The largest absolute Gasteiger partial charge is 0.387 e. The maximum atomic E-state index is 9.98. The van der Waals surface area contributed by atoms with Gasteiger partial charge < -0.3 is 5.11 Å². The normalized spacial score (nSPS) is 13.0. The van der Waals surface area contributed by atoms with E-state index in [1.807, 2.05) is 24.3 Å². The van der Waals surface area contributed by atoms with Crippen molar-refractivity contribution in [2.24, 2.45) is 0 Å². The molecule has 0 aliphatic heterocycles. The lowest BCUT2D eigenvalue weighted by Gasteiger charge is -2.05. The van der Waals surface area contributed by atoms with Gasteiger partial charge in [-0.1, -0.05) is 0 Å². The van der Waals surface area contributed by atoms with Gasteiger partial charge in [-0.05, 0) is 56.1 Å². The summed E-state index contributed by atoms with van der Waals surface area (Å²) in [5.41, 5.74) is 0. The molecule has 1 unspecified atom stereocenters. The first kappa shape index (κ1) is 11.8. The molecule has 2 aromatic heterocycles. The van der Waals surface area contributed by atoms with E-state index >= 15 is 0 Å². The van der Waals surface area contributed by atoms with Crippen LogP contribution in [0.4, 0.5) is 0 Å². The molecule has 0 aromatic carbocycles. The van der Waals surface area contributed by atoms with Gasteiger partial charge in [0, 0.05) is 16.2 Å². The first-order chi connectivity index (χ1) is 7.15. The molecule has 0 bridgehead atoms. The quantitative estimate of drug-likeness (QED) is 0.839. The van der Waals surface area contributed by atoms with Gasteiger partial charge in [-0.3, -0.25) is 0 Å². The lowest BCUT2D eigenvalue weighted by molar-refractivity contribution is 0.183. The summed E-state index contributed by atoms with van der Waals surface area (Å²) in [6.07, 6.45) is 0.287. The Bertz CT molecular complexity index is 450. The minimum Gasteiger partial charge on any atom is -0.387 e. The van der Waals surface area contributed by atoms with Gasteiger partial charge >= 0.3 is 0 Å². The number of hydrogen-bond donors (Lipinski definition) is 1. The van der Waals surface area contributed by atoms with Crippen molar-refractivity contribution in [3.05, 3.63) is 41.6 Å². The molecule has 0 radical (unpaired) electrons. The summed E-state index contributed by atoms with van der Waals surface area (Å²) >= 11 is 10.1. The molecule has 2 rings (SSSR count). The molecule has 80 valence electrons. The third-order valence-electron chi connectivity index (χ3n) is 1.95. The van der Waals surface area contributed by atoms with Crippen LogP contribution in [0.1, 0.15) is 15.9 Å². The summed E-state index contributed by atoms with van der Waals surface area (Å²) < 4.78 is 2.17. The molecular weight excluding hydrogens is 360 g/mol. The second-order valence-corrected chi connectivity index (χ2v) is 8.11. The molecule has 2 aromatic rings. The molecule has 1 N–H and O–H groups in total. The number of hydrogen-bond acceptors (Lipinski definition) is 3. The molecule has 0 saturated carbocycles. The lowest BCUT2D eigenvalue weighted by atomic mass is 10.2. The van der Waals surface area contributed by atoms with Crippen LogP contribution in [0.25, 0.3) is 0 Å². The molecule has 5 heteroatoms.